The molecule has 1 aromatic heterocycles. The number of amides is 1. The molecule has 0 radical (unpaired) electrons. The van der Waals surface area contributed by atoms with Crippen molar-refractivity contribution in [1.82, 2.24) is 10.3 Å². The number of rotatable bonds is 7. The maximum absolute atomic E-state index is 12.2. The van der Waals surface area contributed by atoms with Crippen molar-refractivity contribution in [2.75, 3.05) is 43.6 Å². The number of aromatic nitrogens is 1. The van der Waals surface area contributed by atoms with Gasteiger partial charge in [0.2, 0.25) is 0 Å². The van der Waals surface area contributed by atoms with Crippen LogP contribution in [0.25, 0.3) is 0 Å². The van der Waals surface area contributed by atoms with Crippen LogP contribution >= 0.6 is 23.1 Å². The quantitative estimate of drug-likeness (QED) is 0.661. The molecule has 0 aliphatic carbocycles. The zero-order valence-corrected chi connectivity index (χ0v) is 14.0. The highest BCUT2D eigenvalue weighted by molar-refractivity contribution is 8.00. The molecule has 0 saturated carbocycles. The lowest BCUT2D eigenvalue weighted by Crippen LogP contribution is -2.36. The SMILES string of the molecule is COCCNc1nc(N)c(C(=O)NCC2(C)CCCS2)s1. The van der Waals surface area contributed by atoms with E-state index in [1.54, 1.807) is 7.11 Å². The highest BCUT2D eigenvalue weighted by Crippen LogP contribution is 2.37. The van der Waals surface area contributed by atoms with Crippen molar-refractivity contribution in [3.63, 3.8) is 0 Å². The molecule has 4 N–H and O–H groups in total. The Bertz CT molecular complexity index is 487. The van der Waals surface area contributed by atoms with Gasteiger partial charge in [-0.25, -0.2) is 4.98 Å². The molecule has 1 fully saturated rings. The standard InChI is InChI=1S/C13H22N4O2S2/c1-13(4-3-7-20-13)8-16-11(18)9-10(14)17-12(21-9)15-5-6-19-2/h3-8,14H2,1-2H3,(H,15,17)(H,16,18). The van der Waals surface area contributed by atoms with Crippen molar-refractivity contribution in [3.8, 4) is 0 Å². The molecule has 1 atom stereocenters. The van der Waals surface area contributed by atoms with E-state index >= 15 is 0 Å². The van der Waals surface area contributed by atoms with Crippen molar-refractivity contribution in [3.05, 3.63) is 4.88 Å². The van der Waals surface area contributed by atoms with Gasteiger partial charge in [-0.3, -0.25) is 4.79 Å². The minimum absolute atomic E-state index is 0.140. The molecule has 0 aromatic carbocycles. The first kappa shape index (κ1) is 16.4. The highest BCUT2D eigenvalue weighted by Gasteiger charge is 2.30. The number of thioether (sulfide) groups is 1. The Kier molecular flexibility index (Phi) is 5.72. The van der Waals surface area contributed by atoms with Gasteiger partial charge in [-0.2, -0.15) is 11.8 Å². The van der Waals surface area contributed by atoms with Crippen LogP contribution in [0.2, 0.25) is 0 Å². The van der Waals surface area contributed by atoms with Gasteiger partial charge in [0.05, 0.1) is 6.61 Å². The Morgan fingerprint density at radius 3 is 3.05 bits per heavy atom. The molecule has 0 bridgehead atoms. The van der Waals surface area contributed by atoms with Gasteiger partial charge in [-0.05, 0) is 25.5 Å². The molecule has 2 rings (SSSR count). The van der Waals surface area contributed by atoms with Gasteiger partial charge < -0.3 is 21.1 Å². The van der Waals surface area contributed by atoms with Crippen LogP contribution in [-0.2, 0) is 4.74 Å². The Balaban J connectivity index is 1.89. The van der Waals surface area contributed by atoms with E-state index in [4.69, 9.17) is 10.5 Å². The smallest absolute Gasteiger partial charge is 0.265 e. The zero-order valence-electron chi connectivity index (χ0n) is 12.4. The Morgan fingerprint density at radius 1 is 1.57 bits per heavy atom. The summed E-state index contributed by atoms with van der Waals surface area (Å²) >= 11 is 3.20. The van der Waals surface area contributed by atoms with Crippen molar-refractivity contribution in [2.45, 2.75) is 24.5 Å². The maximum atomic E-state index is 12.2. The lowest BCUT2D eigenvalue weighted by molar-refractivity contribution is 0.0954. The van der Waals surface area contributed by atoms with Gasteiger partial charge in [0.25, 0.3) is 5.91 Å². The fourth-order valence-corrected chi connectivity index (χ4v) is 4.23. The van der Waals surface area contributed by atoms with E-state index in [9.17, 15) is 4.79 Å². The van der Waals surface area contributed by atoms with Crippen LogP contribution in [0, 0.1) is 0 Å². The predicted molar refractivity (Wildman–Crippen MR) is 89.3 cm³/mol. The largest absolute Gasteiger partial charge is 0.383 e. The maximum Gasteiger partial charge on any atom is 0.265 e. The number of carbonyl (C=O) groups excluding carboxylic acids is 1. The molecule has 21 heavy (non-hydrogen) atoms. The summed E-state index contributed by atoms with van der Waals surface area (Å²) in [5.74, 6) is 1.31. The van der Waals surface area contributed by atoms with E-state index in [0.29, 0.717) is 29.7 Å². The molecule has 6 nitrogen and oxygen atoms in total. The second kappa shape index (κ2) is 7.33. The average Bonchev–Trinajstić information content (AvgIpc) is 3.04. The second-order valence-electron chi connectivity index (χ2n) is 5.24. The Labute approximate surface area is 133 Å². The fourth-order valence-electron chi connectivity index (χ4n) is 2.15. The van der Waals surface area contributed by atoms with Crippen molar-refractivity contribution in [2.24, 2.45) is 0 Å². The molecular weight excluding hydrogens is 308 g/mol. The predicted octanol–water partition coefficient (Wildman–Crippen LogP) is 1.80. The molecule has 118 valence electrons. The third-order valence-electron chi connectivity index (χ3n) is 3.37. The summed E-state index contributed by atoms with van der Waals surface area (Å²) in [6.45, 7) is 4.08. The van der Waals surface area contributed by atoms with E-state index < -0.39 is 0 Å². The minimum atomic E-state index is -0.140. The van der Waals surface area contributed by atoms with Crippen LogP contribution in [0.5, 0.6) is 0 Å². The number of nitrogen functional groups attached to an aromatic ring is 1. The van der Waals surface area contributed by atoms with Crippen molar-refractivity contribution < 1.29 is 9.53 Å². The number of carbonyl (C=O) groups is 1. The summed E-state index contributed by atoms with van der Waals surface area (Å²) in [5.41, 5.74) is 5.83. The lowest BCUT2D eigenvalue weighted by Gasteiger charge is -2.22. The summed E-state index contributed by atoms with van der Waals surface area (Å²) in [6.07, 6.45) is 2.35. The van der Waals surface area contributed by atoms with E-state index in [1.807, 2.05) is 11.8 Å². The van der Waals surface area contributed by atoms with Crippen LogP contribution < -0.4 is 16.4 Å². The number of hydrogen-bond acceptors (Lipinski definition) is 7. The first-order valence-corrected chi connectivity index (χ1v) is 8.75. The van der Waals surface area contributed by atoms with Crippen molar-refractivity contribution >= 4 is 40.0 Å². The lowest BCUT2D eigenvalue weighted by atomic mass is 10.1. The summed E-state index contributed by atoms with van der Waals surface area (Å²) in [6, 6.07) is 0. The molecule has 8 heteroatoms. The number of ether oxygens (including phenoxy) is 1. The van der Waals surface area contributed by atoms with Gasteiger partial charge in [-0.15, -0.1) is 0 Å². The summed E-state index contributed by atoms with van der Waals surface area (Å²) in [5, 5.41) is 6.71. The van der Waals surface area contributed by atoms with Gasteiger partial charge in [0.1, 0.15) is 10.7 Å². The number of hydrogen-bond donors (Lipinski definition) is 3. The number of nitrogens with two attached hydrogens (primary N) is 1. The summed E-state index contributed by atoms with van der Waals surface area (Å²) in [4.78, 5) is 16.9. The zero-order chi connectivity index (χ0) is 15.3. The number of nitrogens with one attached hydrogen (secondary N) is 2. The van der Waals surface area contributed by atoms with Gasteiger partial charge >= 0.3 is 0 Å². The first-order chi connectivity index (χ1) is 10.0. The van der Waals surface area contributed by atoms with E-state index in [1.165, 1.54) is 23.5 Å². The first-order valence-electron chi connectivity index (χ1n) is 6.95. The van der Waals surface area contributed by atoms with E-state index in [2.05, 4.69) is 22.5 Å². The van der Waals surface area contributed by atoms with Gasteiger partial charge in [0.15, 0.2) is 5.13 Å². The summed E-state index contributed by atoms with van der Waals surface area (Å²) in [7, 11) is 1.64. The molecular formula is C13H22N4O2S2. The Morgan fingerprint density at radius 2 is 2.38 bits per heavy atom. The molecule has 1 amide bonds. The molecule has 1 saturated heterocycles. The number of thiazole rings is 1. The van der Waals surface area contributed by atoms with Crippen LogP contribution in [0.1, 0.15) is 29.4 Å². The molecule has 1 aromatic rings. The van der Waals surface area contributed by atoms with Gasteiger partial charge in [-0.1, -0.05) is 11.3 Å². The summed E-state index contributed by atoms with van der Waals surface area (Å²) < 4.78 is 5.10. The highest BCUT2D eigenvalue weighted by atomic mass is 32.2. The monoisotopic (exact) mass is 330 g/mol. The van der Waals surface area contributed by atoms with Crippen LogP contribution in [-0.4, -0.2) is 48.2 Å². The molecule has 0 spiro atoms. The van der Waals surface area contributed by atoms with Gasteiger partial charge in [0, 0.05) is 24.9 Å². The van der Waals surface area contributed by atoms with Crippen LogP contribution in [0.3, 0.4) is 0 Å². The normalized spacial score (nSPS) is 21.4. The second-order valence-corrected chi connectivity index (χ2v) is 7.92. The minimum Gasteiger partial charge on any atom is -0.383 e. The average molecular weight is 330 g/mol. The fraction of sp³-hybridized carbons (Fsp3) is 0.692. The van der Waals surface area contributed by atoms with Crippen molar-refractivity contribution in [1.29, 1.82) is 0 Å². The number of methoxy groups -OCH3 is 1. The molecule has 1 unspecified atom stereocenters. The third kappa shape index (κ3) is 4.49. The van der Waals surface area contributed by atoms with E-state index in [-0.39, 0.29) is 16.5 Å². The topological polar surface area (TPSA) is 89.3 Å². The molecule has 2 heterocycles. The van der Waals surface area contributed by atoms with Crippen LogP contribution in [0.4, 0.5) is 10.9 Å². The third-order valence-corrected chi connectivity index (χ3v) is 5.93. The number of nitrogens with zero attached hydrogens (tertiary/aromatic N) is 1. The molecule has 1 aliphatic heterocycles. The van der Waals surface area contributed by atoms with Crippen LogP contribution in [0.15, 0.2) is 0 Å². The van der Waals surface area contributed by atoms with E-state index in [0.717, 1.165) is 6.42 Å². The molecule has 1 aliphatic rings. The Hall–Kier alpha value is -0.990. The number of anilines is 2.